The number of ether oxygens (including phenoxy) is 2. The van der Waals surface area contributed by atoms with Crippen LogP contribution in [0.5, 0.6) is 6.01 Å². The summed E-state index contributed by atoms with van der Waals surface area (Å²) in [6.07, 6.45) is -0.365. The Hall–Kier alpha value is -3.25. The van der Waals surface area contributed by atoms with Crippen molar-refractivity contribution in [3.63, 3.8) is 0 Å². The Bertz CT molecular complexity index is 1440. The first-order valence-corrected chi connectivity index (χ1v) is 12.8. The molecule has 6 rings (SSSR count). The van der Waals surface area contributed by atoms with Crippen LogP contribution in [0.2, 0.25) is 5.02 Å². The highest BCUT2D eigenvalue weighted by molar-refractivity contribution is 6.33. The molecule has 12 heteroatoms. The monoisotopic (exact) mass is 542 g/mol. The quantitative estimate of drug-likeness (QED) is 0.325. The van der Waals surface area contributed by atoms with Gasteiger partial charge in [0.1, 0.15) is 17.9 Å². The van der Waals surface area contributed by atoms with Crippen molar-refractivity contribution < 1.29 is 24.1 Å². The van der Waals surface area contributed by atoms with Crippen LogP contribution in [-0.4, -0.2) is 72.1 Å². The third kappa shape index (κ3) is 4.82. The summed E-state index contributed by atoms with van der Waals surface area (Å²) in [5.41, 5.74) is 4.24. The van der Waals surface area contributed by atoms with Gasteiger partial charge in [-0.25, -0.2) is 9.37 Å². The molecule has 3 atom stereocenters. The maximum Gasteiger partial charge on any atom is 0.296 e. The van der Waals surface area contributed by atoms with Gasteiger partial charge in [0.2, 0.25) is 0 Å². The molecule has 0 spiro atoms. The van der Waals surface area contributed by atoms with Crippen LogP contribution in [-0.2, 0) is 24.4 Å². The zero-order valence-corrected chi connectivity index (χ0v) is 21.7. The molecule has 4 aromatic rings. The number of aliphatic hydroxyl groups excluding tert-OH is 2. The SMILES string of the molecule is CC(C)(F)Cn1cc2c(n1)CN(c1ccc(-c3nc4nc(O[C@@H]5CO[C@H](CO)[C@H]5O)[nH]c4cc3Cl)cc1)C2. The molecule has 1 aromatic carbocycles. The highest BCUT2D eigenvalue weighted by atomic mass is 35.5. The summed E-state index contributed by atoms with van der Waals surface area (Å²) in [7, 11) is 0. The third-order valence-corrected chi connectivity index (χ3v) is 7.04. The average molecular weight is 543 g/mol. The standard InChI is InChI=1S/C26H28ClFN6O4/c1-26(2,28)13-34-9-15-8-33(10-19(15)32-34)16-5-3-14(4-6-16)22-17(27)7-18-24(30-22)31-25(29-18)38-21-12-37-20(11-35)23(21)36/h3-7,9,20-21,23,35-36H,8,10-13H2,1-2H3,(H,29,30,31)/t20-,21-,23-/m1/s1. The lowest BCUT2D eigenvalue weighted by Gasteiger charge is -2.19. The Labute approximate surface area is 223 Å². The number of aromatic nitrogens is 5. The summed E-state index contributed by atoms with van der Waals surface area (Å²) < 4.78 is 26.7. The maximum absolute atomic E-state index is 14.0. The van der Waals surface area contributed by atoms with Crippen LogP contribution in [0.3, 0.4) is 0 Å². The number of anilines is 1. The summed E-state index contributed by atoms with van der Waals surface area (Å²) in [6.45, 7) is 4.56. The van der Waals surface area contributed by atoms with Gasteiger partial charge in [-0.05, 0) is 32.0 Å². The normalized spacial score (nSPS) is 21.4. The molecule has 38 heavy (non-hydrogen) atoms. The number of H-pyrrole nitrogens is 1. The second-order valence-electron chi connectivity index (χ2n) is 10.4. The minimum Gasteiger partial charge on any atom is -0.456 e. The number of alkyl halides is 1. The van der Waals surface area contributed by atoms with E-state index in [2.05, 4.69) is 25.0 Å². The number of benzene rings is 1. The molecule has 0 amide bonds. The topological polar surface area (TPSA) is 122 Å². The molecule has 1 fully saturated rings. The number of nitrogens with zero attached hydrogens (tertiary/aromatic N) is 5. The van der Waals surface area contributed by atoms with Gasteiger partial charge in [0.05, 0.1) is 48.2 Å². The number of hydrogen-bond acceptors (Lipinski definition) is 8. The lowest BCUT2D eigenvalue weighted by atomic mass is 10.1. The predicted molar refractivity (Wildman–Crippen MR) is 139 cm³/mol. The van der Waals surface area contributed by atoms with Crippen molar-refractivity contribution in [2.24, 2.45) is 0 Å². The zero-order chi connectivity index (χ0) is 26.6. The number of hydrogen-bond donors (Lipinski definition) is 3. The second kappa shape index (κ2) is 9.49. The van der Waals surface area contributed by atoms with E-state index in [4.69, 9.17) is 21.1 Å². The van der Waals surface area contributed by atoms with Crippen molar-refractivity contribution in [2.45, 2.75) is 57.5 Å². The highest BCUT2D eigenvalue weighted by Gasteiger charge is 2.37. The van der Waals surface area contributed by atoms with Gasteiger partial charge in [-0.15, -0.1) is 0 Å². The Morgan fingerprint density at radius 3 is 2.71 bits per heavy atom. The van der Waals surface area contributed by atoms with E-state index in [9.17, 15) is 14.6 Å². The molecule has 0 radical (unpaired) electrons. The van der Waals surface area contributed by atoms with E-state index in [-0.39, 0.29) is 25.8 Å². The number of halogens is 2. The molecule has 2 aliphatic rings. The van der Waals surface area contributed by atoms with Crippen molar-refractivity contribution in [1.29, 1.82) is 0 Å². The van der Waals surface area contributed by atoms with Crippen molar-refractivity contribution in [2.75, 3.05) is 18.1 Å². The van der Waals surface area contributed by atoms with Gasteiger partial charge >= 0.3 is 0 Å². The Balaban J connectivity index is 1.16. The van der Waals surface area contributed by atoms with Gasteiger partial charge in [-0.2, -0.15) is 10.1 Å². The van der Waals surface area contributed by atoms with E-state index >= 15 is 0 Å². The van der Waals surface area contributed by atoms with Crippen LogP contribution in [0, 0.1) is 0 Å². The molecule has 3 N–H and O–H groups in total. The lowest BCUT2D eigenvalue weighted by molar-refractivity contribution is -0.00390. The summed E-state index contributed by atoms with van der Waals surface area (Å²) in [4.78, 5) is 14.3. The molecule has 0 aliphatic carbocycles. The fourth-order valence-electron chi connectivity index (χ4n) is 4.91. The van der Waals surface area contributed by atoms with Crippen molar-refractivity contribution in [3.8, 4) is 17.3 Å². The first kappa shape index (κ1) is 25.1. The van der Waals surface area contributed by atoms with E-state index in [1.807, 2.05) is 30.5 Å². The van der Waals surface area contributed by atoms with Gasteiger partial charge in [-0.1, -0.05) is 23.7 Å². The predicted octanol–water partition coefficient (Wildman–Crippen LogP) is 3.24. The highest BCUT2D eigenvalue weighted by Crippen LogP contribution is 2.33. The van der Waals surface area contributed by atoms with Crippen LogP contribution in [0.1, 0.15) is 25.1 Å². The Morgan fingerprint density at radius 1 is 1.24 bits per heavy atom. The van der Waals surface area contributed by atoms with E-state index in [1.165, 1.54) is 0 Å². The van der Waals surface area contributed by atoms with Crippen LogP contribution < -0.4 is 9.64 Å². The molecule has 0 bridgehead atoms. The van der Waals surface area contributed by atoms with Crippen molar-refractivity contribution >= 4 is 28.5 Å². The molecule has 10 nitrogen and oxygen atoms in total. The van der Waals surface area contributed by atoms with Crippen LogP contribution in [0.4, 0.5) is 10.1 Å². The van der Waals surface area contributed by atoms with Gasteiger partial charge in [0.15, 0.2) is 11.8 Å². The molecule has 3 aromatic heterocycles. The average Bonchev–Trinajstić information content (AvgIpc) is 3.61. The molecule has 200 valence electrons. The molecular formula is C26H28ClFN6O4. The largest absolute Gasteiger partial charge is 0.456 e. The van der Waals surface area contributed by atoms with E-state index in [1.54, 1.807) is 24.6 Å². The lowest BCUT2D eigenvalue weighted by Crippen LogP contribution is -2.36. The molecule has 0 saturated carbocycles. The number of fused-ring (bicyclic) bond motifs is 2. The van der Waals surface area contributed by atoms with Gasteiger partial charge in [-0.3, -0.25) is 4.68 Å². The molecular weight excluding hydrogens is 515 g/mol. The molecule has 5 heterocycles. The first-order valence-electron chi connectivity index (χ1n) is 12.4. The molecule has 2 aliphatic heterocycles. The fourth-order valence-corrected chi connectivity index (χ4v) is 5.17. The summed E-state index contributed by atoms with van der Waals surface area (Å²) in [5.74, 6) is 0. The molecule has 0 unspecified atom stereocenters. The summed E-state index contributed by atoms with van der Waals surface area (Å²) >= 11 is 6.57. The van der Waals surface area contributed by atoms with E-state index < -0.39 is 24.0 Å². The first-order chi connectivity index (χ1) is 18.2. The van der Waals surface area contributed by atoms with E-state index in [0.29, 0.717) is 35.0 Å². The smallest absolute Gasteiger partial charge is 0.296 e. The number of aromatic amines is 1. The molecule has 1 saturated heterocycles. The minimum atomic E-state index is -1.31. The Kier molecular flexibility index (Phi) is 6.26. The summed E-state index contributed by atoms with van der Waals surface area (Å²) in [5, 5.41) is 24.5. The van der Waals surface area contributed by atoms with Crippen LogP contribution in [0.25, 0.3) is 22.4 Å². The van der Waals surface area contributed by atoms with Crippen LogP contribution >= 0.6 is 11.6 Å². The number of pyridine rings is 1. The third-order valence-electron chi connectivity index (χ3n) is 6.75. The summed E-state index contributed by atoms with van der Waals surface area (Å²) in [6, 6.07) is 9.88. The van der Waals surface area contributed by atoms with E-state index in [0.717, 1.165) is 22.5 Å². The number of aliphatic hydroxyl groups is 2. The Morgan fingerprint density at radius 2 is 2.03 bits per heavy atom. The maximum atomic E-state index is 14.0. The zero-order valence-electron chi connectivity index (χ0n) is 20.9. The fraction of sp³-hybridized carbons (Fsp3) is 0.423. The minimum absolute atomic E-state index is 0.144. The van der Waals surface area contributed by atoms with Crippen LogP contribution in [0.15, 0.2) is 36.5 Å². The van der Waals surface area contributed by atoms with Crippen molar-refractivity contribution in [1.82, 2.24) is 24.7 Å². The van der Waals surface area contributed by atoms with Gasteiger partial charge in [0, 0.05) is 29.6 Å². The second-order valence-corrected chi connectivity index (χ2v) is 10.8. The van der Waals surface area contributed by atoms with Crippen molar-refractivity contribution in [3.05, 3.63) is 52.8 Å². The number of nitrogens with one attached hydrogen (secondary N) is 1. The number of rotatable bonds is 7. The van der Waals surface area contributed by atoms with Gasteiger partial charge < -0.3 is 29.6 Å². The number of imidazole rings is 1. The van der Waals surface area contributed by atoms with Gasteiger partial charge in [0.25, 0.3) is 6.01 Å².